The number of hydrogen-bond acceptors (Lipinski definition) is 7. The van der Waals surface area contributed by atoms with E-state index in [9.17, 15) is 14.9 Å². The van der Waals surface area contributed by atoms with Crippen LogP contribution in [0.15, 0.2) is 105 Å². The largest absolute Gasteiger partial charge is 0.490 e. The number of benzene rings is 4. The summed E-state index contributed by atoms with van der Waals surface area (Å²) in [7, 11) is 0. The Balaban J connectivity index is 1.29. The molecule has 0 bridgehead atoms. The molecule has 238 valence electrons. The Morgan fingerprint density at radius 2 is 1.79 bits per heavy atom. The SMILES string of the molecule is CCOc1cc(/C=C2\SC(=Nc3ccc([N+](=O)[O-])cc3)N(CCc3c[nH]c4ccccc34)C2=O)c(Br)cc1OCc1ccc(Cl)cc1. The van der Waals surface area contributed by atoms with Crippen molar-refractivity contribution in [2.45, 2.75) is 20.0 Å². The Morgan fingerprint density at radius 3 is 2.53 bits per heavy atom. The van der Waals surface area contributed by atoms with E-state index in [4.69, 9.17) is 26.1 Å². The number of amidine groups is 1. The van der Waals surface area contributed by atoms with Crippen molar-refractivity contribution in [2.75, 3.05) is 13.2 Å². The zero-order chi connectivity index (χ0) is 32.9. The van der Waals surface area contributed by atoms with Gasteiger partial charge >= 0.3 is 0 Å². The number of rotatable bonds is 11. The average molecular weight is 732 g/mol. The van der Waals surface area contributed by atoms with Crippen LogP contribution in [0.1, 0.15) is 23.6 Å². The van der Waals surface area contributed by atoms with E-state index in [1.165, 1.54) is 23.9 Å². The fraction of sp³-hybridized carbons (Fsp3) is 0.143. The summed E-state index contributed by atoms with van der Waals surface area (Å²) in [5, 5.41) is 13.4. The molecule has 9 nitrogen and oxygen atoms in total. The molecule has 12 heteroatoms. The first-order valence-electron chi connectivity index (χ1n) is 14.7. The highest BCUT2D eigenvalue weighted by Gasteiger charge is 2.33. The summed E-state index contributed by atoms with van der Waals surface area (Å²) in [6.07, 6.45) is 4.37. The van der Waals surface area contributed by atoms with E-state index in [1.54, 1.807) is 23.1 Å². The van der Waals surface area contributed by atoms with E-state index < -0.39 is 4.92 Å². The number of carbonyl (C=O) groups excluding carboxylic acids is 1. The molecule has 1 aliphatic heterocycles. The molecule has 1 N–H and O–H groups in total. The number of H-pyrrole nitrogens is 1. The number of fused-ring (bicyclic) bond motifs is 1. The van der Waals surface area contributed by atoms with E-state index >= 15 is 0 Å². The van der Waals surface area contributed by atoms with Crippen molar-refractivity contribution in [3.05, 3.63) is 132 Å². The van der Waals surface area contributed by atoms with Crippen molar-refractivity contribution >= 4 is 78.7 Å². The van der Waals surface area contributed by atoms with E-state index in [2.05, 4.69) is 27.0 Å². The molecule has 4 aromatic carbocycles. The molecule has 0 atom stereocenters. The zero-order valence-electron chi connectivity index (χ0n) is 25.1. The number of nitrogens with zero attached hydrogens (tertiary/aromatic N) is 3. The number of aliphatic imine (C=N–C) groups is 1. The lowest BCUT2D eigenvalue weighted by Crippen LogP contribution is -2.31. The molecule has 2 heterocycles. The van der Waals surface area contributed by atoms with Crippen LogP contribution < -0.4 is 9.47 Å². The van der Waals surface area contributed by atoms with E-state index in [-0.39, 0.29) is 11.6 Å². The molecule has 1 aromatic heterocycles. The second-order valence-corrected chi connectivity index (χ2v) is 12.8. The number of thioether (sulfide) groups is 1. The molecule has 5 aromatic rings. The van der Waals surface area contributed by atoms with Crippen molar-refractivity contribution in [2.24, 2.45) is 4.99 Å². The maximum atomic E-state index is 13.9. The van der Waals surface area contributed by atoms with E-state index in [0.29, 0.717) is 58.5 Å². The van der Waals surface area contributed by atoms with Gasteiger partial charge in [0.15, 0.2) is 16.7 Å². The van der Waals surface area contributed by atoms with Crippen LogP contribution in [0.25, 0.3) is 17.0 Å². The standard InChI is InChI=1S/C35H28BrClN4O5S/c1-2-45-31-17-24(29(36)19-32(31)46-21-22-7-9-25(37)10-8-22)18-33-34(42)40(16-15-23-20-38-30-6-4-3-5-28(23)30)35(47-33)39-26-11-13-27(14-12-26)41(43)44/h3-14,17-20,38H,2,15-16,21H2,1H3/b33-18-,39-35?. The smallest absolute Gasteiger partial charge is 0.269 e. The van der Waals surface area contributed by atoms with Crippen LogP contribution in [0.3, 0.4) is 0 Å². The minimum absolute atomic E-state index is 0.0311. The molecule has 0 radical (unpaired) electrons. The number of aromatic nitrogens is 1. The first-order chi connectivity index (χ1) is 22.8. The number of hydrogen-bond donors (Lipinski definition) is 1. The van der Waals surface area contributed by atoms with Crippen molar-refractivity contribution in [3.63, 3.8) is 0 Å². The Bertz CT molecular complexity index is 2010. The predicted octanol–water partition coefficient (Wildman–Crippen LogP) is 9.32. The summed E-state index contributed by atoms with van der Waals surface area (Å²) < 4.78 is 12.7. The highest BCUT2D eigenvalue weighted by Crippen LogP contribution is 2.39. The highest BCUT2D eigenvalue weighted by molar-refractivity contribution is 9.10. The van der Waals surface area contributed by atoms with Gasteiger partial charge in [0.05, 0.1) is 22.1 Å². The lowest BCUT2D eigenvalue weighted by molar-refractivity contribution is -0.384. The number of amides is 1. The molecule has 1 saturated heterocycles. The summed E-state index contributed by atoms with van der Waals surface area (Å²) in [5.74, 6) is 0.911. The zero-order valence-corrected chi connectivity index (χ0v) is 28.3. The highest BCUT2D eigenvalue weighted by atomic mass is 79.9. The van der Waals surface area contributed by atoms with Gasteiger partial charge in [-0.15, -0.1) is 0 Å². The van der Waals surface area contributed by atoms with Crippen LogP contribution in [0.2, 0.25) is 5.02 Å². The molecule has 1 amide bonds. The minimum atomic E-state index is -0.457. The van der Waals surface area contributed by atoms with E-state index in [1.807, 2.05) is 67.7 Å². The van der Waals surface area contributed by atoms with Gasteiger partial charge in [0.1, 0.15) is 6.61 Å². The van der Waals surface area contributed by atoms with Crippen molar-refractivity contribution < 1.29 is 19.2 Å². The first-order valence-corrected chi connectivity index (χ1v) is 16.7. The number of nitro groups is 1. The maximum Gasteiger partial charge on any atom is 0.269 e. The third kappa shape index (κ3) is 7.54. The molecule has 0 aliphatic carbocycles. The Kier molecular flexibility index (Phi) is 9.95. The van der Waals surface area contributed by atoms with Gasteiger partial charge < -0.3 is 14.5 Å². The van der Waals surface area contributed by atoms with Gasteiger partial charge in [-0.1, -0.05) is 57.9 Å². The molecule has 1 fully saturated rings. The third-order valence-corrected chi connectivity index (χ3v) is 9.36. The number of ether oxygens (including phenoxy) is 2. The van der Waals surface area contributed by atoms with E-state index in [0.717, 1.165) is 32.1 Å². The second kappa shape index (κ2) is 14.5. The fourth-order valence-electron chi connectivity index (χ4n) is 5.04. The lowest BCUT2D eigenvalue weighted by atomic mass is 10.1. The molecular formula is C35H28BrClN4O5S. The van der Waals surface area contributed by atoms with Crippen LogP contribution in [-0.2, 0) is 17.8 Å². The van der Waals surface area contributed by atoms with Crippen LogP contribution >= 0.6 is 39.3 Å². The minimum Gasteiger partial charge on any atom is -0.490 e. The van der Waals surface area contributed by atoms with Crippen LogP contribution in [0, 0.1) is 10.1 Å². The number of halogens is 2. The van der Waals surface area contributed by atoms with Crippen molar-refractivity contribution in [1.29, 1.82) is 0 Å². The van der Waals surface area contributed by atoms with Gasteiger partial charge in [-0.25, -0.2) is 4.99 Å². The Hall–Kier alpha value is -4.58. The summed E-state index contributed by atoms with van der Waals surface area (Å²) in [6, 6.07) is 25.1. The van der Waals surface area contributed by atoms with Gasteiger partial charge in [0.25, 0.3) is 11.6 Å². The second-order valence-electron chi connectivity index (χ2n) is 10.5. The number of aromatic amines is 1. The van der Waals surface area contributed by atoms with Crippen molar-refractivity contribution in [1.82, 2.24) is 9.88 Å². The quantitative estimate of drug-likeness (QED) is 0.0824. The average Bonchev–Trinajstić information content (AvgIpc) is 3.61. The van der Waals surface area contributed by atoms with Crippen LogP contribution in [0.4, 0.5) is 11.4 Å². The number of nitro benzene ring substituents is 1. The predicted molar refractivity (Wildman–Crippen MR) is 191 cm³/mol. The molecule has 47 heavy (non-hydrogen) atoms. The molecular weight excluding hydrogens is 704 g/mol. The number of para-hydroxylation sites is 1. The third-order valence-electron chi connectivity index (χ3n) is 7.41. The maximum absolute atomic E-state index is 13.9. The molecule has 0 spiro atoms. The number of nitrogens with one attached hydrogen (secondary N) is 1. The van der Waals surface area contributed by atoms with Gasteiger partial charge in [-0.05, 0) is 90.3 Å². The summed E-state index contributed by atoms with van der Waals surface area (Å²) in [5.41, 5.74) is 4.28. The number of non-ortho nitro benzene ring substituents is 1. The normalized spacial score (nSPS) is 14.8. The Morgan fingerprint density at radius 1 is 1.04 bits per heavy atom. The van der Waals surface area contributed by atoms with Gasteiger partial charge in [0.2, 0.25) is 0 Å². The summed E-state index contributed by atoms with van der Waals surface area (Å²) in [4.78, 5) is 34.8. The fourth-order valence-corrected chi connectivity index (χ4v) is 6.62. The molecule has 0 saturated carbocycles. The van der Waals surface area contributed by atoms with Crippen LogP contribution in [-0.4, -0.2) is 39.0 Å². The van der Waals surface area contributed by atoms with Crippen molar-refractivity contribution in [3.8, 4) is 11.5 Å². The summed E-state index contributed by atoms with van der Waals surface area (Å²) in [6.45, 7) is 3.04. The number of carbonyl (C=O) groups is 1. The molecule has 6 rings (SSSR count). The van der Waals surface area contributed by atoms with Gasteiger partial charge in [0, 0.05) is 45.3 Å². The lowest BCUT2D eigenvalue weighted by Gasteiger charge is -2.15. The molecule has 1 aliphatic rings. The van der Waals surface area contributed by atoms with Gasteiger partial charge in [-0.2, -0.15) is 0 Å². The monoisotopic (exact) mass is 730 g/mol. The van der Waals surface area contributed by atoms with Gasteiger partial charge in [-0.3, -0.25) is 19.8 Å². The first kappa shape index (κ1) is 32.4. The molecule has 0 unspecified atom stereocenters. The topological polar surface area (TPSA) is 110 Å². The summed E-state index contributed by atoms with van der Waals surface area (Å²) >= 11 is 10.9. The Labute approximate surface area is 288 Å². The van der Waals surface area contributed by atoms with Crippen LogP contribution in [0.5, 0.6) is 11.5 Å².